The molecule has 0 aliphatic carbocycles. The molecule has 33 heavy (non-hydrogen) atoms. The Kier molecular flexibility index (Phi) is 5.86. The summed E-state index contributed by atoms with van der Waals surface area (Å²) < 4.78 is 6.18. The van der Waals surface area contributed by atoms with E-state index in [1.165, 1.54) is 5.56 Å². The van der Waals surface area contributed by atoms with Gasteiger partial charge in [0.15, 0.2) is 5.60 Å². The zero-order valence-electron chi connectivity index (χ0n) is 18.6. The lowest BCUT2D eigenvalue weighted by Crippen LogP contribution is -2.58. The Balaban J connectivity index is 1.39. The molecule has 5 rings (SSSR count). The van der Waals surface area contributed by atoms with E-state index in [1.807, 2.05) is 83.8 Å². The molecule has 2 aliphatic heterocycles. The molecule has 0 radical (unpaired) electrons. The summed E-state index contributed by atoms with van der Waals surface area (Å²) >= 11 is 0. The number of piperazine rings is 1. The molecule has 1 unspecified atom stereocenters. The maximum absolute atomic E-state index is 13.1. The lowest BCUT2D eigenvalue weighted by atomic mass is 9.79. The number of carbonyl (C=O) groups excluding carboxylic acids is 2. The molecule has 1 atom stereocenters. The molecule has 0 spiro atoms. The van der Waals surface area contributed by atoms with E-state index in [1.54, 1.807) is 4.90 Å². The van der Waals surface area contributed by atoms with Crippen molar-refractivity contribution in [1.82, 2.24) is 9.80 Å². The van der Waals surface area contributed by atoms with Crippen LogP contribution in [-0.2, 0) is 21.6 Å². The third-order valence-electron chi connectivity index (χ3n) is 6.79. The smallest absolute Gasteiger partial charge is 0.411 e. The first kappa shape index (κ1) is 21.3. The summed E-state index contributed by atoms with van der Waals surface area (Å²) in [5, 5.41) is 0. The molecular formula is C28H28N2O3. The topological polar surface area (TPSA) is 49.9 Å². The van der Waals surface area contributed by atoms with Gasteiger partial charge in [-0.2, -0.15) is 0 Å². The molecule has 2 saturated heterocycles. The fourth-order valence-corrected chi connectivity index (χ4v) is 5.13. The van der Waals surface area contributed by atoms with Crippen LogP contribution in [0.3, 0.4) is 0 Å². The Morgan fingerprint density at radius 2 is 1.42 bits per heavy atom. The Labute approximate surface area is 194 Å². The van der Waals surface area contributed by atoms with Crippen LogP contribution in [0.2, 0.25) is 0 Å². The molecule has 5 heteroatoms. The first-order chi connectivity index (χ1) is 16.2. The van der Waals surface area contributed by atoms with Crippen LogP contribution in [0.25, 0.3) is 0 Å². The van der Waals surface area contributed by atoms with Crippen molar-refractivity contribution >= 4 is 12.0 Å². The summed E-state index contributed by atoms with van der Waals surface area (Å²) in [6.07, 6.45) is 1.88. The van der Waals surface area contributed by atoms with Crippen LogP contribution in [-0.4, -0.2) is 47.5 Å². The first-order valence-corrected chi connectivity index (χ1v) is 11.6. The van der Waals surface area contributed by atoms with Crippen LogP contribution >= 0.6 is 0 Å². The van der Waals surface area contributed by atoms with E-state index < -0.39 is 5.60 Å². The Bertz CT molecular complexity index is 1060. The summed E-state index contributed by atoms with van der Waals surface area (Å²) in [7, 11) is 0. The summed E-state index contributed by atoms with van der Waals surface area (Å²) in [6, 6.07) is 29.8. The van der Waals surface area contributed by atoms with Gasteiger partial charge in [0.2, 0.25) is 5.91 Å². The van der Waals surface area contributed by atoms with Crippen LogP contribution in [0.1, 0.15) is 29.5 Å². The number of nitrogens with zero attached hydrogens (tertiary/aromatic N) is 2. The average molecular weight is 441 g/mol. The third-order valence-corrected chi connectivity index (χ3v) is 6.79. The van der Waals surface area contributed by atoms with Crippen LogP contribution < -0.4 is 0 Å². The maximum Gasteiger partial charge on any atom is 0.411 e. The average Bonchev–Trinajstić information content (AvgIpc) is 3.18. The molecule has 0 N–H and O–H groups in total. The number of cyclic esters (lactones) is 1. The molecule has 168 valence electrons. The minimum absolute atomic E-state index is 0.139. The lowest BCUT2D eigenvalue weighted by Gasteiger charge is -2.42. The predicted molar refractivity (Wildman–Crippen MR) is 127 cm³/mol. The van der Waals surface area contributed by atoms with Gasteiger partial charge < -0.3 is 9.64 Å². The Hall–Kier alpha value is -3.60. The SMILES string of the molecule is O=C(CCCc1ccccc1)N1CCN2C(=O)OC(c3ccccc3)(c3ccccc3)C2C1. The van der Waals surface area contributed by atoms with E-state index in [4.69, 9.17) is 4.74 Å². The number of hydrogen-bond acceptors (Lipinski definition) is 3. The minimum atomic E-state index is -0.942. The van der Waals surface area contributed by atoms with Crippen LogP contribution in [0, 0.1) is 0 Å². The molecule has 2 heterocycles. The molecule has 5 nitrogen and oxygen atoms in total. The zero-order valence-corrected chi connectivity index (χ0v) is 18.6. The molecular weight excluding hydrogens is 412 g/mol. The molecule has 3 aromatic carbocycles. The normalized spacial score (nSPS) is 19.2. The summed E-state index contributed by atoms with van der Waals surface area (Å²) in [4.78, 5) is 29.8. The highest BCUT2D eigenvalue weighted by Gasteiger charge is 2.58. The van der Waals surface area contributed by atoms with Crippen molar-refractivity contribution in [3.05, 3.63) is 108 Å². The summed E-state index contributed by atoms with van der Waals surface area (Å²) in [5.74, 6) is 0.139. The van der Waals surface area contributed by atoms with Crippen molar-refractivity contribution in [3.8, 4) is 0 Å². The first-order valence-electron chi connectivity index (χ1n) is 11.6. The molecule has 2 fully saturated rings. The zero-order chi connectivity index (χ0) is 22.7. The second-order valence-corrected chi connectivity index (χ2v) is 8.72. The number of ether oxygens (including phenoxy) is 1. The number of benzene rings is 3. The van der Waals surface area contributed by atoms with E-state index in [2.05, 4.69) is 12.1 Å². The van der Waals surface area contributed by atoms with Gasteiger partial charge in [-0.05, 0) is 18.4 Å². The highest BCUT2D eigenvalue weighted by Crippen LogP contribution is 2.45. The van der Waals surface area contributed by atoms with Crippen molar-refractivity contribution in [2.24, 2.45) is 0 Å². The minimum Gasteiger partial charge on any atom is -0.431 e. The maximum atomic E-state index is 13.1. The van der Waals surface area contributed by atoms with Gasteiger partial charge in [0.1, 0.15) is 6.04 Å². The van der Waals surface area contributed by atoms with Crippen molar-refractivity contribution < 1.29 is 14.3 Å². The van der Waals surface area contributed by atoms with Gasteiger partial charge in [-0.1, -0.05) is 91.0 Å². The molecule has 2 aliphatic rings. The van der Waals surface area contributed by atoms with Gasteiger partial charge in [-0.3, -0.25) is 9.69 Å². The number of aryl methyl sites for hydroxylation is 1. The van der Waals surface area contributed by atoms with Crippen LogP contribution in [0.15, 0.2) is 91.0 Å². The van der Waals surface area contributed by atoms with Crippen molar-refractivity contribution in [2.45, 2.75) is 30.9 Å². The van der Waals surface area contributed by atoms with Crippen molar-refractivity contribution in [2.75, 3.05) is 19.6 Å². The van der Waals surface area contributed by atoms with Gasteiger partial charge >= 0.3 is 6.09 Å². The largest absolute Gasteiger partial charge is 0.431 e. The van der Waals surface area contributed by atoms with Crippen molar-refractivity contribution in [1.29, 1.82) is 0 Å². The lowest BCUT2D eigenvalue weighted by molar-refractivity contribution is -0.134. The second kappa shape index (κ2) is 9.10. The Morgan fingerprint density at radius 1 is 0.848 bits per heavy atom. The summed E-state index contributed by atoms with van der Waals surface area (Å²) in [5.41, 5.74) is 2.16. The van der Waals surface area contributed by atoms with E-state index in [0.717, 1.165) is 24.0 Å². The highest BCUT2D eigenvalue weighted by atomic mass is 16.6. The van der Waals surface area contributed by atoms with Gasteiger partial charge in [-0.15, -0.1) is 0 Å². The third kappa shape index (κ3) is 3.99. The Morgan fingerprint density at radius 3 is 2.03 bits per heavy atom. The van der Waals surface area contributed by atoms with E-state index in [-0.39, 0.29) is 18.0 Å². The van der Waals surface area contributed by atoms with Gasteiger partial charge in [0, 0.05) is 37.2 Å². The molecule has 0 saturated carbocycles. The second-order valence-electron chi connectivity index (χ2n) is 8.72. The number of hydrogen-bond donors (Lipinski definition) is 0. The standard InChI is InChI=1S/C28H28N2O3/c31-26(18-10-13-22-11-4-1-5-12-22)29-19-20-30-25(21-29)28(33-27(30)32,23-14-6-2-7-15-23)24-16-8-3-9-17-24/h1-9,11-12,14-17,25H,10,13,18-21H2. The molecule has 0 aromatic heterocycles. The monoisotopic (exact) mass is 440 g/mol. The number of carbonyl (C=O) groups is 2. The van der Waals surface area contributed by atoms with Crippen molar-refractivity contribution in [3.63, 3.8) is 0 Å². The van der Waals surface area contributed by atoms with Gasteiger partial charge in [-0.25, -0.2) is 4.79 Å². The number of amides is 2. The summed E-state index contributed by atoms with van der Waals surface area (Å²) in [6.45, 7) is 1.48. The predicted octanol–water partition coefficient (Wildman–Crippen LogP) is 4.62. The van der Waals surface area contributed by atoms with Crippen LogP contribution in [0.5, 0.6) is 0 Å². The fourth-order valence-electron chi connectivity index (χ4n) is 5.13. The van der Waals surface area contributed by atoms with E-state index in [9.17, 15) is 9.59 Å². The van der Waals surface area contributed by atoms with Gasteiger partial charge in [0.05, 0.1) is 0 Å². The quantitative estimate of drug-likeness (QED) is 0.562. The number of rotatable bonds is 6. The van der Waals surface area contributed by atoms with Gasteiger partial charge in [0.25, 0.3) is 0 Å². The molecule has 3 aromatic rings. The van der Waals surface area contributed by atoms with E-state index >= 15 is 0 Å². The van der Waals surface area contributed by atoms with Crippen LogP contribution in [0.4, 0.5) is 4.79 Å². The molecule has 0 bridgehead atoms. The highest BCUT2D eigenvalue weighted by molar-refractivity contribution is 5.78. The molecule has 2 amide bonds. The van der Waals surface area contributed by atoms with E-state index in [0.29, 0.717) is 26.1 Å². The number of fused-ring (bicyclic) bond motifs is 1. The fraction of sp³-hybridized carbons (Fsp3) is 0.286.